The highest BCUT2D eigenvalue weighted by Gasteiger charge is 2.17. The van der Waals surface area contributed by atoms with Gasteiger partial charge < -0.3 is 9.05 Å². The molecular weight excluding hydrogens is 269 g/mol. The summed E-state index contributed by atoms with van der Waals surface area (Å²) in [6, 6.07) is 0. The maximum Gasteiger partial charge on any atom is 0.171 e. The Bertz CT molecular complexity index is 239. The molecule has 0 heterocycles. The second kappa shape index (κ2) is 11.7. The molecule has 2 atom stereocenters. The molecule has 0 aromatic rings. The minimum Gasteiger partial charge on any atom is -0.334 e. The average molecular weight is 294 g/mol. The normalized spacial score (nSPS) is 20.6. The summed E-state index contributed by atoms with van der Waals surface area (Å²) in [6.07, 6.45) is 11.1. The van der Waals surface area contributed by atoms with E-state index in [0.717, 1.165) is 38.3 Å². The van der Waals surface area contributed by atoms with Gasteiger partial charge in [0.1, 0.15) is 0 Å². The zero-order chi connectivity index (χ0) is 13.8. The Morgan fingerprint density at radius 3 is 2.58 bits per heavy atom. The molecule has 0 saturated heterocycles. The van der Waals surface area contributed by atoms with E-state index in [9.17, 15) is 8.78 Å². The van der Waals surface area contributed by atoms with Crippen molar-refractivity contribution in [3.63, 3.8) is 0 Å². The second-order valence-electron chi connectivity index (χ2n) is 4.68. The van der Waals surface area contributed by atoms with E-state index in [1.165, 1.54) is 0 Å². The molecule has 0 amide bonds. The number of hydrogen-bond acceptors (Lipinski definition) is 2. The van der Waals surface area contributed by atoms with Gasteiger partial charge in [0.05, 0.1) is 26.1 Å². The van der Waals surface area contributed by atoms with Gasteiger partial charge in [-0.15, -0.1) is 0 Å². The lowest BCUT2D eigenvalue weighted by Crippen LogP contribution is -2.11. The summed E-state index contributed by atoms with van der Waals surface area (Å²) in [5, 5.41) is 0. The van der Waals surface area contributed by atoms with E-state index >= 15 is 0 Å². The molecule has 0 N–H and O–H groups in total. The SMILES string of the molecule is FCCCCOP(CCCCF)OC1C=CCCC1. The third-order valence-corrected chi connectivity index (χ3v) is 4.61. The summed E-state index contributed by atoms with van der Waals surface area (Å²) in [5.74, 6) is 0. The van der Waals surface area contributed by atoms with Crippen LogP contribution in [0.4, 0.5) is 8.78 Å². The lowest BCUT2D eigenvalue weighted by Gasteiger charge is -2.24. The molecule has 19 heavy (non-hydrogen) atoms. The molecule has 0 bridgehead atoms. The van der Waals surface area contributed by atoms with Gasteiger partial charge in [-0.1, -0.05) is 12.2 Å². The van der Waals surface area contributed by atoms with Gasteiger partial charge in [-0.05, 0) is 44.9 Å². The molecule has 1 aliphatic rings. The van der Waals surface area contributed by atoms with Crippen molar-refractivity contribution in [2.75, 3.05) is 26.1 Å². The first-order valence-electron chi connectivity index (χ1n) is 7.22. The van der Waals surface area contributed by atoms with Gasteiger partial charge in [-0.3, -0.25) is 8.78 Å². The number of rotatable bonds is 11. The highest BCUT2D eigenvalue weighted by molar-refractivity contribution is 7.47. The first kappa shape index (κ1) is 17.0. The van der Waals surface area contributed by atoms with Crippen LogP contribution < -0.4 is 0 Å². The van der Waals surface area contributed by atoms with Gasteiger partial charge in [0.15, 0.2) is 8.38 Å². The van der Waals surface area contributed by atoms with Crippen molar-refractivity contribution in [1.29, 1.82) is 0 Å². The topological polar surface area (TPSA) is 18.5 Å². The van der Waals surface area contributed by atoms with E-state index in [2.05, 4.69) is 12.2 Å². The Morgan fingerprint density at radius 2 is 1.89 bits per heavy atom. The van der Waals surface area contributed by atoms with Crippen molar-refractivity contribution in [2.24, 2.45) is 0 Å². The summed E-state index contributed by atoms with van der Waals surface area (Å²) < 4.78 is 35.8. The van der Waals surface area contributed by atoms with E-state index in [-0.39, 0.29) is 19.5 Å². The molecule has 112 valence electrons. The quantitative estimate of drug-likeness (QED) is 0.305. The van der Waals surface area contributed by atoms with Crippen LogP contribution in [-0.2, 0) is 9.05 Å². The van der Waals surface area contributed by atoms with Gasteiger partial charge >= 0.3 is 0 Å². The average Bonchev–Trinajstić information content (AvgIpc) is 2.44. The van der Waals surface area contributed by atoms with E-state index in [0.29, 0.717) is 19.4 Å². The fourth-order valence-electron chi connectivity index (χ4n) is 1.87. The van der Waals surface area contributed by atoms with Crippen molar-refractivity contribution < 1.29 is 17.8 Å². The van der Waals surface area contributed by atoms with Crippen molar-refractivity contribution >= 4 is 8.38 Å². The van der Waals surface area contributed by atoms with E-state index in [1.54, 1.807) is 0 Å². The minimum atomic E-state index is -0.952. The lowest BCUT2D eigenvalue weighted by molar-refractivity contribution is 0.195. The van der Waals surface area contributed by atoms with Crippen molar-refractivity contribution in [3.8, 4) is 0 Å². The van der Waals surface area contributed by atoms with Crippen LogP contribution in [0.2, 0.25) is 0 Å². The summed E-state index contributed by atoms with van der Waals surface area (Å²) in [5.41, 5.74) is 0. The van der Waals surface area contributed by atoms with Crippen LogP contribution in [0.3, 0.4) is 0 Å². The first-order valence-corrected chi connectivity index (χ1v) is 8.59. The molecular formula is C14H25F2O2P. The monoisotopic (exact) mass is 294 g/mol. The number of unbranched alkanes of at least 4 members (excludes halogenated alkanes) is 2. The molecule has 0 aromatic carbocycles. The van der Waals surface area contributed by atoms with Gasteiger partial charge in [0.25, 0.3) is 0 Å². The number of alkyl halides is 2. The highest BCUT2D eigenvalue weighted by Crippen LogP contribution is 2.42. The fourth-order valence-corrected chi connectivity index (χ4v) is 3.45. The zero-order valence-electron chi connectivity index (χ0n) is 11.5. The van der Waals surface area contributed by atoms with E-state index in [4.69, 9.17) is 9.05 Å². The van der Waals surface area contributed by atoms with E-state index in [1.807, 2.05) is 0 Å². The molecule has 2 nitrogen and oxygen atoms in total. The van der Waals surface area contributed by atoms with Crippen molar-refractivity contribution in [1.82, 2.24) is 0 Å². The number of allylic oxidation sites excluding steroid dienone is 1. The van der Waals surface area contributed by atoms with Crippen molar-refractivity contribution in [3.05, 3.63) is 12.2 Å². The predicted molar refractivity (Wildman–Crippen MR) is 76.0 cm³/mol. The molecule has 0 aromatic heterocycles. The van der Waals surface area contributed by atoms with Crippen LogP contribution in [0.25, 0.3) is 0 Å². The Morgan fingerprint density at radius 1 is 1.11 bits per heavy atom. The standard InChI is InChI=1S/C14H25F2O2P/c15-10-4-6-12-17-19(13-7-5-11-16)18-14-8-2-1-3-9-14/h2,8,14H,1,3-7,9-13H2. The van der Waals surface area contributed by atoms with Crippen LogP contribution >= 0.6 is 8.38 Å². The molecule has 0 aliphatic heterocycles. The predicted octanol–water partition coefficient (Wildman–Crippen LogP) is 4.94. The van der Waals surface area contributed by atoms with Crippen LogP contribution in [0.15, 0.2) is 12.2 Å². The number of halogens is 2. The maximum atomic E-state index is 12.1. The Balaban J connectivity index is 2.25. The van der Waals surface area contributed by atoms with Crippen LogP contribution in [0.5, 0.6) is 0 Å². The zero-order valence-corrected chi connectivity index (χ0v) is 12.4. The Kier molecular flexibility index (Phi) is 10.5. The van der Waals surface area contributed by atoms with Crippen LogP contribution in [0, 0.1) is 0 Å². The molecule has 0 radical (unpaired) electrons. The summed E-state index contributed by atoms with van der Waals surface area (Å²) in [4.78, 5) is 0. The Hall–Kier alpha value is -0.0500. The first-order chi connectivity index (χ1) is 9.36. The maximum absolute atomic E-state index is 12.1. The summed E-state index contributed by atoms with van der Waals surface area (Å²) in [7, 11) is -0.952. The van der Waals surface area contributed by atoms with Crippen LogP contribution in [-0.4, -0.2) is 32.2 Å². The molecule has 1 rings (SSSR count). The Labute approximate surface area is 116 Å². The van der Waals surface area contributed by atoms with Gasteiger partial charge in [-0.25, -0.2) is 0 Å². The molecule has 0 spiro atoms. The largest absolute Gasteiger partial charge is 0.334 e. The molecule has 1 aliphatic carbocycles. The fraction of sp³-hybridized carbons (Fsp3) is 0.857. The third-order valence-electron chi connectivity index (χ3n) is 2.95. The van der Waals surface area contributed by atoms with Crippen LogP contribution in [0.1, 0.15) is 44.9 Å². The third kappa shape index (κ3) is 8.67. The summed E-state index contributed by atoms with van der Waals surface area (Å²) >= 11 is 0. The van der Waals surface area contributed by atoms with Gasteiger partial charge in [-0.2, -0.15) is 0 Å². The molecule has 0 saturated carbocycles. The minimum absolute atomic E-state index is 0.145. The van der Waals surface area contributed by atoms with Crippen molar-refractivity contribution in [2.45, 2.75) is 51.0 Å². The molecule has 0 fully saturated rings. The van der Waals surface area contributed by atoms with Gasteiger partial charge in [0, 0.05) is 6.16 Å². The summed E-state index contributed by atoms with van der Waals surface area (Å²) in [6.45, 7) is -0.0363. The lowest BCUT2D eigenvalue weighted by atomic mass is 10.1. The highest BCUT2D eigenvalue weighted by atomic mass is 31.2. The smallest absolute Gasteiger partial charge is 0.171 e. The second-order valence-corrected chi connectivity index (χ2v) is 6.27. The number of hydrogen-bond donors (Lipinski definition) is 0. The van der Waals surface area contributed by atoms with E-state index < -0.39 is 8.38 Å². The molecule has 5 heteroatoms. The molecule has 2 unspecified atom stereocenters. The van der Waals surface area contributed by atoms with Gasteiger partial charge in [0.2, 0.25) is 0 Å².